The van der Waals surface area contributed by atoms with Gasteiger partial charge in [-0.2, -0.15) is 5.26 Å². The van der Waals surface area contributed by atoms with E-state index < -0.39 is 6.10 Å². The third-order valence-corrected chi connectivity index (χ3v) is 0.711. The maximum absolute atomic E-state index is 8.50. The van der Waals surface area contributed by atoms with Crippen LogP contribution < -0.4 is 0 Å². The first kappa shape index (κ1) is 6.45. The Balaban J connectivity index is 3.04. The fourth-order valence-corrected chi connectivity index (χ4v) is 0.338. The Morgan fingerprint density at radius 3 is 2.57 bits per heavy atom. The van der Waals surface area contributed by atoms with Crippen molar-refractivity contribution in [3.05, 3.63) is 0 Å². The minimum Gasteiger partial charge on any atom is -0.378 e. The molecule has 0 aromatic heterocycles. The lowest BCUT2D eigenvalue weighted by molar-refractivity contribution is 0.218. The van der Waals surface area contributed by atoms with Crippen LogP contribution in [0.25, 0.3) is 0 Å². The first-order chi connectivity index (χ1) is 3.31. The number of aliphatic hydroxyl groups excluding tert-OH is 1. The van der Waals surface area contributed by atoms with Crippen molar-refractivity contribution in [1.29, 1.82) is 5.26 Å². The van der Waals surface area contributed by atoms with Crippen LogP contribution in [0.2, 0.25) is 0 Å². The SMILES string of the molecule is CCCC(O)[14C]#N. The van der Waals surface area contributed by atoms with E-state index in [4.69, 9.17) is 10.4 Å². The number of hydrogen-bond donors (Lipinski definition) is 1. The zero-order valence-corrected chi connectivity index (χ0v) is 4.39. The lowest BCUT2D eigenvalue weighted by atomic mass is 10.3. The van der Waals surface area contributed by atoms with Gasteiger partial charge in [0.1, 0.15) is 6.10 Å². The van der Waals surface area contributed by atoms with Gasteiger partial charge in [-0.15, -0.1) is 0 Å². The quantitative estimate of drug-likeness (QED) is 0.519. The summed E-state index contributed by atoms with van der Waals surface area (Å²) in [5.74, 6) is 0. The molecule has 0 heterocycles. The van der Waals surface area contributed by atoms with Crippen LogP contribution in [-0.2, 0) is 0 Å². The minimum absolute atomic E-state index is 0.594. The summed E-state index contributed by atoms with van der Waals surface area (Å²) in [4.78, 5) is 0. The molecule has 1 unspecified atom stereocenters. The molecule has 2 heteroatoms. The summed E-state index contributed by atoms with van der Waals surface area (Å²) in [7, 11) is 0. The maximum atomic E-state index is 8.50. The van der Waals surface area contributed by atoms with Crippen molar-refractivity contribution >= 4 is 0 Å². The van der Waals surface area contributed by atoms with Crippen molar-refractivity contribution in [3.8, 4) is 6.07 Å². The molecule has 1 N–H and O–H groups in total. The van der Waals surface area contributed by atoms with Gasteiger partial charge in [0.25, 0.3) is 0 Å². The van der Waals surface area contributed by atoms with Gasteiger partial charge in [0, 0.05) is 0 Å². The van der Waals surface area contributed by atoms with Gasteiger partial charge in [0.15, 0.2) is 0 Å². The normalized spacial score (nSPS) is 12.7. The van der Waals surface area contributed by atoms with Crippen molar-refractivity contribution < 1.29 is 5.11 Å². The number of rotatable bonds is 2. The molecule has 0 aromatic rings. The van der Waals surface area contributed by atoms with Gasteiger partial charge in [0.2, 0.25) is 0 Å². The zero-order valence-electron chi connectivity index (χ0n) is 4.39. The average Bonchev–Trinajstić information content (AvgIpc) is 1.68. The van der Waals surface area contributed by atoms with Crippen LogP contribution in [0.1, 0.15) is 19.8 Å². The number of nitrogens with zero attached hydrogens (tertiary/aromatic N) is 1. The summed E-state index contributed by atoms with van der Waals surface area (Å²) in [6.07, 6.45) is 0.718. The smallest absolute Gasteiger partial charge is 0.140 e. The Kier molecular flexibility index (Phi) is 3.35. The van der Waals surface area contributed by atoms with Crippen molar-refractivity contribution in [2.75, 3.05) is 0 Å². The van der Waals surface area contributed by atoms with Crippen molar-refractivity contribution in [1.82, 2.24) is 0 Å². The second kappa shape index (κ2) is 3.63. The maximum Gasteiger partial charge on any atom is 0.140 e. The zero-order chi connectivity index (χ0) is 5.70. The Bertz CT molecular complexity index is 74.6. The largest absolute Gasteiger partial charge is 0.378 e. The second-order valence-corrected chi connectivity index (χ2v) is 1.43. The first-order valence-corrected chi connectivity index (χ1v) is 2.39. The van der Waals surface area contributed by atoms with Crippen LogP contribution in [0, 0.1) is 11.3 Å². The van der Waals surface area contributed by atoms with E-state index >= 15 is 0 Å². The monoisotopic (exact) mass is 101 g/mol. The third kappa shape index (κ3) is 3.28. The summed E-state index contributed by atoms with van der Waals surface area (Å²) in [5, 5.41) is 16.5. The predicted octanol–water partition coefficient (Wildman–Crippen LogP) is 0.671. The first-order valence-electron chi connectivity index (χ1n) is 2.39. The van der Waals surface area contributed by atoms with Gasteiger partial charge >= 0.3 is 0 Å². The van der Waals surface area contributed by atoms with E-state index in [1.54, 1.807) is 6.07 Å². The van der Waals surface area contributed by atoms with E-state index in [1.807, 2.05) is 6.92 Å². The van der Waals surface area contributed by atoms with Crippen LogP contribution in [0.3, 0.4) is 0 Å². The molecular formula is C5H9NO. The fraction of sp³-hybridized carbons (Fsp3) is 0.800. The van der Waals surface area contributed by atoms with E-state index in [9.17, 15) is 0 Å². The molecular weight excluding hydrogens is 92.1 g/mol. The molecule has 0 saturated carbocycles. The molecule has 0 amide bonds. The van der Waals surface area contributed by atoms with Crippen LogP contribution >= 0.6 is 0 Å². The summed E-state index contributed by atoms with van der Waals surface area (Å²) >= 11 is 0. The van der Waals surface area contributed by atoms with E-state index in [-0.39, 0.29) is 0 Å². The van der Waals surface area contributed by atoms with Gasteiger partial charge in [-0.05, 0) is 6.42 Å². The Morgan fingerprint density at radius 1 is 1.86 bits per heavy atom. The van der Waals surface area contributed by atoms with Crippen LogP contribution in [-0.4, -0.2) is 11.2 Å². The molecule has 0 rings (SSSR count). The van der Waals surface area contributed by atoms with Crippen molar-refractivity contribution in [3.63, 3.8) is 0 Å². The van der Waals surface area contributed by atoms with Crippen LogP contribution in [0.5, 0.6) is 0 Å². The summed E-state index contributed by atoms with van der Waals surface area (Å²) in [5.41, 5.74) is 0. The second-order valence-electron chi connectivity index (χ2n) is 1.43. The number of nitriles is 1. The van der Waals surface area contributed by atoms with E-state index in [2.05, 4.69) is 0 Å². The molecule has 0 aromatic carbocycles. The minimum atomic E-state index is -0.745. The summed E-state index contributed by atoms with van der Waals surface area (Å²) in [6, 6.07) is 1.72. The molecule has 1 atom stereocenters. The van der Waals surface area contributed by atoms with Gasteiger partial charge in [0.05, 0.1) is 6.07 Å². The molecule has 40 valence electrons. The topological polar surface area (TPSA) is 44.0 Å². The highest BCUT2D eigenvalue weighted by Crippen LogP contribution is 1.91. The van der Waals surface area contributed by atoms with Gasteiger partial charge in [-0.3, -0.25) is 0 Å². The van der Waals surface area contributed by atoms with Crippen molar-refractivity contribution in [2.24, 2.45) is 0 Å². The molecule has 0 aliphatic carbocycles. The standard InChI is InChI=1S/C5H9NO/c1-2-3-5(7)4-6/h5,7H,2-3H2,1H3/i4+2. The molecule has 0 fully saturated rings. The van der Waals surface area contributed by atoms with E-state index in [0.717, 1.165) is 6.42 Å². The molecule has 0 radical (unpaired) electrons. The van der Waals surface area contributed by atoms with Gasteiger partial charge < -0.3 is 5.11 Å². The Labute approximate surface area is 43.4 Å². The highest BCUT2D eigenvalue weighted by molar-refractivity contribution is 4.80. The third-order valence-electron chi connectivity index (χ3n) is 0.711. The summed E-state index contributed by atoms with van der Waals surface area (Å²) < 4.78 is 0. The molecule has 0 spiro atoms. The lowest BCUT2D eigenvalue weighted by Crippen LogP contribution is -1.99. The highest BCUT2D eigenvalue weighted by Gasteiger charge is 1.94. The molecule has 0 aliphatic rings. The Hall–Kier alpha value is -0.550. The van der Waals surface area contributed by atoms with Crippen LogP contribution in [0.15, 0.2) is 0 Å². The molecule has 0 aliphatic heterocycles. The van der Waals surface area contributed by atoms with Gasteiger partial charge in [-0.1, -0.05) is 13.3 Å². The lowest BCUT2D eigenvalue weighted by Gasteiger charge is -1.92. The summed E-state index contributed by atoms with van der Waals surface area (Å²) in [6.45, 7) is 1.93. The molecule has 2 nitrogen and oxygen atoms in total. The highest BCUT2D eigenvalue weighted by atomic mass is 16.3. The van der Waals surface area contributed by atoms with Crippen molar-refractivity contribution in [2.45, 2.75) is 25.9 Å². The average molecular weight is 101 g/mol. The van der Waals surface area contributed by atoms with Gasteiger partial charge in [-0.25, -0.2) is 0 Å². The number of hydrogen-bond acceptors (Lipinski definition) is 2. The predicted molar refractivity (Wildman–Crippen MR) is 26.5 cm³/mol. The molecule has 0 saturated heterocycles. The molecule has 7 heavy (non-hydrogen) atoms. The van der Waals surface area contributed by atoms with Crippen LogP contribution in [0.4, 0.5) is 0 Å². The number of aliphatic hydroxyl groups is 1. The molecule has 0 bridgehead atoms. The van der Waals surface area contributed by atoms with E-state index in [1.165, 1.54) is 0 Å². The fourth-order valence-electron chi connectivity index (χ4n) is 0.338. The Morgan fingerprint density at radius 2 is 2.43 bits per heavy atom. The van der Waals surface area contributed by atoms with E-state index in [0.29, 0.717) is 6.42 Å².